The van der Waals surface area contributed by atoms with Gasteiger partial charge in [-0.25, -0.2) is 0 Å². The van der Waals surface area contributed by atoms with Crippen LogP contribution in [0.5, 0.6) is 5.75 Å². The minimum Gasteiger partial charge on any atom is -0.487 e. The monoisotopic (exact) mass is 352 g/mol. The van der Waals surface area contributed by atoms with Gasteiger partial charge in [0.15, 0.2) is 0 Å². The molecule has 0 aliphatic carbocycles. The molecule has 0 unspecified atom stereocenters. The number of benzene rings is 2. The Labute approximate surface area is 151 Å². The molecule has 1 N–H and O–H groups in total. The number of fused-ring (bicyclic) bond motifs is 1. The number of carbonyl (C=O) groups is 1. The fraction of sp³-hybridized carbons (Fsp3) is 0.200. The van der Waals surface area contributed by atoms with E-state index in [1.165, 1.54) is 0 Å². The summed E-state index contributed by atoms with van der Waals surface area (Å²) in [5.41, 5.74) is 2.11. The Morgan fingerprint density at radius 3 is 2.80 bits per heavy atom. The minimum absolute atomic E-state index is 0.0121. The smallest absolute Gasteiger partial charge is 0.266 e. The number of ether oxygens (including phenoxy) is 1. The van der Waals surface area contributed by atoms with Gasteiger partial charge in [0.2, 0.25) is 0 Å². The van der Waals surface area contributed by atoms with E-state index in [2.05, 4.69) is 5.32 Å². The van der Waals surface area contributed by atoms with E-state index in [0.29, 0.717) is 10.7 Å². The van der Waals surface area contributed by atoms with Crippen LogP contribution in [0.15, 0.2) is 48.0 Å². The van der Waals surface area contributed by atoms with Gasteiger partial charge in [-0.1, -0.05) is 29.8 Å². The highest BCUT2D eigenvalue weighted by Gasteiger charge is 2.29. The SMILES string of the molecule is CC1(C)Cc2cc(/C=C(\C#N)C(=O)Nc3ccccc3Cl)ccc2O1. The molecule has 126 valence electrons. The highest BCUT2D eigenvalue weighted by molar-refractivity contribution is 6.34. The summed E-state index contributed by atoms with van der Waals surface area (Å²) in [6.07, 6.45) is 2.36. The zero-order chi connectivity index (χ0) is 18.0. The summed E-state index contributed by atoms with van der Waals surface area (Å²) in [6, 6.07) is 14.5. The highest BCUT2D eigenvalue weighted by atomic mass is 35.5. The summed E-state index contributed by atoms with van der Waals surface area (Å²) in [4.78, 5) is 12.4. The average Bonchev–Trinajstić information content (AvgIpc) is 2.87. The largest absolute Gasteiger partial charge is 0.487 e. The number of nitrogens with zero attached hydrogens (tertiary/aromatic N) is 1. The van der Waals surface area contributed by atoms with Gasteiger partial charge < -0.3 is 10.1 Å². The first-order valence-corrected chi connectivity index (χ1v) is 8.25. The molecule has 0 fully saturated rings. The molecule has 3 rings (SSSR count). The lowest BCUT2D eigenvalue weighted by Crippen LogP contribution is -2.24. The zero-order valence-electron chi connectivity index (χ0n) is 14.0. The first-order valence-electron chi connectivity index (χ1n) is 7.87. The Bertz CT molecular complexity index is 910. The van der Waals surface area contributed by atoms with Gasteiger partial charge in [-0.05, 0) is 55.3 Å². The Balaban J connectivity index is 1.83. The number of carbonyl (C=O) groups excluding carboxylic acids is 1. The number of hydrogen-bond donors (Lipinski definition) is 1. The van der Waals surface area contributed by atoms with Gasteiger partial charge in [0.25, 0.3) is 5.91 Å². The Kier molecular flexibility index (Phi) is 4.52. The van der Waals surface area contributed by atoms with Crippen LogP contribution < -0.4 is 10.1 Å². The molecule has 0 spiro atoms. The maximum atomic E-state index is 12.4. The van der Waals surface area contributed by atoms with E-state index >= 15 is 0 Å². The molecule has 5 heteroatoms. The lowest BCUT2D eigenvalue weighted by atomic mass is 9.99. The predicted octanol–water partition coefficient (Wildman–Crippen LogP) is 4.60. The number of nitrogens with one attached hydrogen (secondary N) is 1. The van der Waals surface area contributed by atoms with Crippen molar-refractivity contribution in [2.24, 2.45) is 0 Å². The molecular formula is C20H17ClN2O2. The van der Waals surface area contributed by atoms with Crippen LogP contribution in [0.1, 0.15) is 25.0 Å². The molecule has 0 saturated carbocycles. The second kappa shape index (κ2) is 6.62. The minimum atomic E-state index is -0.493. The average molecular weight is 353 g/mol. The van der Waals surface area contributed by atoms with Crippen molar-refractivity contribution in [1.82, 2.24) is 0 Å². The molecule has 0 saturated heterocycles. The Morgan fingerprint density at radius 1 is 1.32 bits per heavy atom. The van der Waals surface area contributed by atoms with Gasteiger partial charge in [-0.15, -0.1) is 0 Å². The number of halogens is 1. The molecule has 1 aliphatic rings. The van der Waals surface area contributed by atoms with Crippen molar-refractivity contribution in [2.75, 3.05) is 5.32 Å². The second-order valence-electron chi connectivity index (χ2n) is 6.51. The molecule has 1 aliphatic heterocycles. The zero-order valence-corrected chi connectivity index (χ0v) is 14.7. The summed E-state index contributed by atoms with van der Waals surface area (Å²) in [5, 5.41) is 12.4. The summed E-state index contributed by atoms with van der Waals surface area (Å²) >= 11 is 6.04. The van der Waals surface area contributed by atoms with E-state index in [9.17, 15) is 10.1 Å². The lowest BCUT2D eigenvalue weighted by molar-refractivity contribution is -0.112. The third-order valence-corrected chi connectivity index (χ3v) is 4.21. The number of rotatable bonds is 3. The van der Waals surface area contributed by atoms with Gasteiger partial charge in [0.1, 0.15) is 23.0 Å². The van der Waals surface area contributed by atoms with Crippen LogP contribution >= 0.6 is 11.6 Å². The van der Waals surface area contributed by atoms with Crippen molar-refractivity contribution in [1.29, 1.82) is 5.26 Å². The van der Waals surface area contributed by atoms with E-state index in [0.717, 1.165) is 23.3 Å². The summed E-state index contributed by atoms with van der Waals surface area (Å²) in [6.45, 7) is 4.06. The number of anilines is 1. The normalized spacial score (nSPS) is 15.0. The molecule has 2 aromatic carbocycles. The van der Waals surface area contributed by atoms with Gasteiger partial charge in [0.05, 0.1) is 10.7 Å². The Hall–Kier alpha value is -2.77. The van der Waals surface area contributed by atoms with Crippen molar-refractivity contribution in [3.05, 3.63) is 64.2 Å². The van der Waals surface area contributed by atoms with Crippen LogP contribution in [0.2, 0.25) is 5.02 Å². The summed E-state index contributed by atoms with van der Waals surface area (Å²) in [5.74, 6) is 0.355. The van der Waals surface area contributed by atoms with Gasteiger partial charge in [0, 0.05) is 6.42 Å². The van der Waals surface area contributed by atoms with Crippen LogP contribution in [0, 0.1) is 11.3 Å². The van der Waals surface area contributed by atoms with Crippen LogP contribution in [0.25, 0.3) is 6.08 Å². The molecule has 1 heterocycles. The maximum Gasteiger partial charge on any atom is 0.266 e. The molecule has 4 nitrogen and oxygen atoms in total. The van der Waals surface area contributed by atoms with Crippen molar-refractivity contribution >= 4 is 29.3 Å². The topological polar surface area (TPSA) is 62.1 Å². The van der Waals surface area contributed by atoms with Crippen LogP contribution in [0.4, 0.5) is 5.69 Å². The maximum absolute atomic E-state index is 12.4. The molecule has 0 bridgehead atoms. The van der Waals surface area contributed by atoms with Crippen LogP contribution in [-0.2, 0) is 11.2 Å². The molecule has 2 aromatic rings. The summed E-state index contributed by atoms with van der Waals surface area (Å²) < 4.78 is 5.84. The van der Waals surface area contributed by atoms with Crippen molar-refractivity contribution in [3.63, 3.8) is 0 Å². The Morgan fingerprint density at radius 2 is 2.08 bits per heavy atom. The molecule has 1 amide bonds. The van der Waals surface area contributed by atoms with Crippen molar-refractivity contribution in [2.45, 2.75) is 25.9 Å². The summed E-state index contributed by atoms with van der Waals surface area (Å²) in [7, 11) is 0. The van der Waals surface area contributed by atoms with E-state index in [-0.39, 0.29) is 11.2 Å². The number of para-hydroxylation sites is 1. The predicted molar refractivity (Wildman–Crippen MR) is 98.5 cm³/mol. The van der Waals surface area contributed by atoms with Crippen LogP contribution in [-0.4, -0.2) is 11.5 Å². The van der Waals surface area contributed by atoms with E-state index in [4.69, 9.17) is 16.3 Å². The molecule has 0 atom stereocenters. The van der Waals surface area contributed by atoms with Crippen molar-refractivity contribution < 1.29 is 9.53 Å². The van der Waals surface area contributed by atoms with Gasteiger partial charge in [-0.2, -0.15) is 5.26 Å². The van der Waals surface area contributed by atoms with Gasteiger partial charge >= 0.3 is 0 Å². The first-order chi connectivity index (χ1) is 11.9. The third kappa shape index (κ3) is 3.84. The number of hydrogen-bond acceptors (Lipinski definition) is 3. The quantitative estimate of drug-likeness (QED) is 0.648. The fourth-order valence-corrected chi connectivity index (χ4v) is 2.97. The molecular weight excluding hydrogens is 336 g/mol. The highest BCUT2D eigenvalue weighted by Crippen LogP contribution is 2.35. The van der Waals surface area contributed by atoms with Crippen molar-refractivity contribution in [3.8, 4) is 11.8 Å². The standard InChI is InChI=1S/C20H17ClN2O2/c1-20(2)11-14-9-13(7-8-18(14)25-20)10-15(12-22)19(24)23-17-6-4-3-5-16(17)21/h3-10H,11H2,1-2H3,(H,23,24)/b15-10+. The molecule has 0 radical (unpaired) electrons. The third-order valence-electron chi connectivity index (χ3n) is 3.89. The molecule has 25 heavy (non-hydrogen) atoms. The second-order valence-corrected chi connectivity index (χ2v) is 6.92. The first kappa shape index (κ1) is 17.1. The number of amides is 1. The van der Waals surface area contributed by atoms with Gasteiger partial charge in [-0.3, -0.25) is 4.79 Å². The van der Waals surface area contributed by atoms with E-state index in [1.54, 1.807) is 30.3 Å². The van der Waals surface area contributed by atoms with E-state index < -0.39 is 5.91 Å². The van der Waals surface area contributed by atoms with E-state index in [1.807, 2.05) is 38.1 Å². The lowest BCUT2D eigenvalue weighted by Gasteiger charge is -2.16. The van der Waals surface area contributed by atoms with Crippen LogP contribution in [0.3, 0.4) is 0 Å². The molecule has 0 aromatic heterocycles. The fourth-order valence-electron chi connectivity index (χ4n) is 2.79. The number of nitriles is 1.